The minimum atomic E-state index is 0.658. The minimum Gasteiger partial charge on any atom is -0.353 e. The number of hydrogen-bond acceptors (Lipinski definition) is 4. The van der Waals surface area contributed by atoms with Gasteiger partial charge < -0.3 is 5.32 Å². The Morgan fingerprint density at radius 1 is 0.789 bits per heavy atom. The average molecular weight is 264 g/mol. The fourth-order valence-electron chi connectivity index (χ4n) is 1.99. The van der Waals surface area contributed by atoms with Crippen molar-refractivity contribution in [2.75, 3.05) is 11.9 Å². The molecule has 0 amide bonds. The van der Waals surface area contributed by atoms with E-state index in [1.54, 1.807) is 0 Å². The normalized spacial score (nSPS) is 10.7. The standard InChI is InChI=1S/C15H28N4/c1-4-5-6-7-8-9-10-11-12-16-15-17-13(2)14(3)18-19-15/h4-12H2,1-3H3,(H,16,17,19). The lowest BCUT2D eigenvalue weighted by atomic mass is 10.1. The molecule has 0 saturated carbocycles. The first kappa shape index (κ1) is 15.9. The maximum Gasteiger partial charge on any atom is 0.242 e. The van der Waals surface area contributed by atoms with E-state index in [0.29, 0.717) is 5.95 Å². The fourth-order valence-corrected chi connectivity index (χ4v) is 1.99. The smallest absolute Gasteiger partial charge is 0.242 e. The molecule has 0 atom stereocenters. The van der Waals surface area contributed by atoms with Gasteiger partial charge in [0, 0.05) is 6.54 Å². The summed E-state index contributed by atoms with van der Waals surface area (Å²) in [7, 11) is 0. The first-order valence-electron chi connectivity index (χ1n) is 7.66. The number of nitrogens with one attached hydrogen (secondary N) is 1. The molecule has 0 spiro atoms. The van der Waals surface area contributed by atoms with Crippen LogP contribution in [-0.2, 0) is 0 Å². The van der Waals surface area contributed by atoms with Crippen LogP contribution >= 0.6 is 0 Å². The highest BCUT2D eigenvalue weighted by molar-refractivity contribution is 5.24. The van der Waals surface area contributed by atoms with Gasteiger partial charge >= 0.3 is 0 Å². The summed E-state index contributed by atoms with van der Waals surface area (Å²) in [6.07, 6.45) is 10.7. The number of nitrogens with zero attached hydrogens (tertiary/aromatic N) is 3. The Bertz CT molecular complexity index is 352. The van der Waals surface area contributed by atoms with Gasteiger partial charge in [0.2, 0.25) is 5.95 Å². The van der Waals surface area contributed by atoms with E-state index in [0.717, 1.165) is 17.9 Å². The Morgan fingerprint density at radius 2 is 1.42 bits per heavy atom. The molecule has 0 fully saturated rings. The lowest BCUT2D eigenvalue weighted by molar-refractivity contribution is 0.580. The Balaban J connectivity index is 2.00. The Kier molecular flexibility index (Phi) is 8.10. The molecular weight excluding hydrogens is 236 g/mol. The van der Waals surface area contributed by atoms with Crippen LogP contribution in [0.2, 0.25) is 0 Å². The first-order valence-corrected chi connectivity index (χ1v) is 7.66. The molecule has 1 heterocycles. The van der Waals surface area contributed by atoms with Crippen LogP contribution in [0.3, 0.4) is 0 Å². The summed E-state index contributed by atoms with van der Waals surface area (Å²) in [5, 5.41) is 11.3. The van der Waals surface area contributed by atoms with Gasteiger partial charge in [0.15, 0.2) is 0 Å². The zero-order chi connectivity index (χ0) is 13.9. The van der Waals surface area contributed by atoms with Crippen LogP contribution in [0.25, 0.3) is 0 Å². The zero-order valence-corrected chi connectivity index (χ0v) is 12.7. The predicted molar refractivity (Wildman–Crippen MR) is 80.4 cm³/mol. The van der Waals surface area contributed by atoms with Gasteiger partial charge in [-0.05, 0) is 20.3 Å². The van der Waals surface area contributed by atoms with Gasteiger partial charge in [0.25, 0.3) is 0 Å². The summed E-state index contributed by atoms with van der Waals surface area (Å²) in [4.78, 5) is 4.36. The van der Waals surface area contributed by atoms with E-state index in [-0.39, 0.29) is 0 Å². The van der Waals surface area contributed by atoms with Gasteiger partial charge in [-0.2, -0.15) is 5.10 Å². The summed E-state index contributed by atoms with van der Waals surface area (Å²) in [5.74, 6) is 0.658. The van der Waals surface area contributed by atoms with Crippen LogP contribution in [0.4, 0.5) is 5.95 Å². The van der Waals surface area contributed by atoms with Gasteiger partial charge in [-0.3, -0.25) is 0 Å². The molecule has 0 aromatic carbocycles. The average Bonchev–Trinajstić information content (AvgIpc) is 2.41. The molecular formula is C15H28N4. The topological polar surface area (TPSA) is 50.7 Å². The van der Waals surface area contributed by atoms with E-state index in [1.165, 1.54) is 51.4 Å². The molecule has 0 unspecified atom stereocenters. The molecule has 4 nitrogen and oxygen atoms in total. The molecule has 19 heavy (non-hydrogen) atoms. The van der Waals surface area contributed by atoms with Crippen molar-refractivity contribution in [1.29, 1.82) is 0 Å². The van der Waals surface area contributed by atoms with E-state index in [4.69, 9.17) is 0 Å². The molecule has 0 bridgehead atoms. The summed E-state index contributed by atoms with van der Waals surface area (Å²) >= 11 is 0. The number of unbranched alkanes of at least 4 members (excludes halogenated alkanes) is 7. The second-order valence-corrected chi connectivity index (χ2v) is 5.21. The largest absolute Gasteiger partial charge is 0.353 e. The first-order chi connectivity index (χ1) is 9.24. The SMILES string of the molecule is CCCCCCCCCCNc1nnc(C)c(C)n1. The van der Waals surface area contributed by atoms with Crippen LogP contribution in [-0.4, -0.2) is 21.7 Å². The lowest BCUT2D eigenvalue weighted by Gasteiger charge is -2.05. The molecule has 4 heteroatoms. The highest BCUT2D eigenvalue weighted by atomic mass is 15.2. The summed E-state index contributed by atoms with van der Waals surface area (Å²) < 4.78 is 0. The van der Waals surface area contributed by atoms with Crippen LogP contribution in [0.5, 0.6) is 0 Å². The van der Waals surface area contributed by atoms with Crippen LogP contribution in [0, 0.1) is 13.8 Å². The fraction of sp³-hybridized carbons (Fsp3) is 0.800. The van der Waals surface area contributed by atoms with Crippen LogP contribution in [0.1, 0.15) is 69.7 Å². The Morgan fingerprint density at radius 3 is 2.05 bits per heavy atom. The van der Waals surface area contributed by atoms with Crippen molar-refractivity contribution in [3.05, 3.63) is 11.4 Å². The van der Waals surface area contributed by atoms with Gasteiger partial charge in [-0.25, -0.2) is 4.98 Å². The van der Waals surface area contributed by atoms with Crippen molar-refractivity contribution in [3.63, 3.8) is 0 Å². The van der Waals surface area contributed by atoms with E-state index < -0.39 is 0 Å². The Labute approximate surface area is 117 Å². The quantitative estimate of drug-likeness (QED) is 0.648. The van der Waals surface area contributed by atoms with Crippen molar-refractivity contribution >= 4 is 5.95 Å². The van der Waals surface area contributed by atoms with Crippen molar-refractivity contribution < 1.29 is 0 Å². The van der Waals surface area contributed by atoms with Gasteiger partial charge in [-0.1, -0.05) is 51.9 Å². The molecule has 0 aliphatic rings. The molecule has 1 aromatic heterocycles. The van der Waals surface area contributed by atoms with E-state index in [1.807, 2.05) is 13.8 Å². The summed E-state index contributed by atoms with van der Waals surface area (Å²) in [6.45, 7) is 7.09. The van der Waals surface area contributed by atoms with Crippen LogP contribution < -0.4 is 5.32 Å². The third kappa shape index (κ3) is 7.09. The van der Waals surface area contributed by atoms with E-state index in [9.17, 15) is 0 Å². The molecule has 1 N–H and O–H groups in total. The molecule has 0 saturated heterocycles. The van der Waals surface area contributed by atoms with Gasteiger partial charge in [0.1, 0.15) is 0 Å². The monoisotopic (exact) mass is 264 g/mol. The summed E-state index contributed by atoms with van der Waals surface area (Å²) in [6, 6.07) is 0. The minimum absolute atomic E-state index is 0.658. The number of hydrogen-bond donors (Lipinski definition) is 1. The molecule has 1 rings (SSSR count). The van der Waals surface area contributed by atoms with Crippen molar-refractivity contribution in [2.24, 2.45) is 0 Å². The second kappa shape index (κ2) is 9.70. The number of aromatic nitrogens is 3. The highest BCUT2D eigenvalue weighted by Gasteiger charge is 2.00. The van der Waals surface area contributed by atoms with E-state index in [2.05, 4.69) is 27.4 Å². The molecule has 0 aliphatic carbocycles. The van der Waals surface area contributed by atoms with E-state index >= 15 is 0 Å². The second-order valence-electron chi connectivity index (χ2n) is 5.21. The Hall–Kier alpha value is -1.19. The molecule has 0 radical (unpaired) electrons. The maximum atomic E-state index is 4.36. The molecule has 108 valence electrons. The summed E-state index contributed by atoms with van der Waals surface area (Å²) in [5.41, 5.74) is 1.85. The van der Waals surface area contributed by atoms with Gasteiger partial charge in [-0.15, -0.1) is 5.10 Å². The molecule has 1 aromatic rings. The third-order valence-corrected chi connectivity index (χ3v) is 3.41. The number of aryl methyl sites for hydroxylation is 2. The van der Waals surface area contributed by atoms with Crippen molar-refractivity contribution in [1.82, 2.24) is 15.2 Å². The third-order valence-electron chi connectivity index (χ3n) is 3.41. The highest BCUT2D eigenvalue weighted by Crippen LogP contribution is 2.08. The van der Waals surface area contributed by atoms with Crippen molar-refractivity contribution in [3.8, 4) is 0 Å². The number of anilines is 1. The predicted octanol–water partition coefficient (Wildman–Crippen LogP) is 4.04. The van der Waals surface area contributed by atoms with Gasteiger partial charge in [0.05, 0.1) is 11.4 Å². The maximum absolute atomic E-state index is 4.36. The van der Waals surface area contributed by atoms with Crippen LogP contribution in [0.15, 0.2) is 0 Å². The van der Waals surface area contributed by atoms with Crippen molar-refractivity contribution in [2.45, 2.75) is 72.1 Å². The number of rotatable bonds is 10. The zero-order valence-electron chi connectivity index (χ0n) is 12.7. The molecule has 0 aliphatic heterocycles. The lowest BCUT2D eigenvalue weighted by Crippen LogP contribution is -2.08.